The minimum Gasteiger partial charge on any atom is -0.465 e. The number of hydrogen-bond acceptors (Lipinski definition) is 5. The monoisotopic (exact) mass is 362 g/mol. The fourth-order valence-electron chi connectivity index (χ4n) is 2.62. The molecule has 1 aromatic carbocycles. The summed E-state index contributed by atoms with van der Waals surface area (Å²) in [5, 5.41) is 7.28. The molecule has 0 saturated carbocycles. The van der Waals surface area contributed by atoms with Crippen molar-refractivity contribution in [3.05, 3.63) is 52.9 Å². The molecule has 7 heteroatoms. The number of carbonyl (C=O) groups is 1. The molecule has 0 spiro atoms. The van der Waals surface area contributed by atoms with Crippen molar-refractivity contribution in [2.24, 2.45) is 5.92 Å². The molecule has 2 atom stereocenters. The van der Waals surface area contributed by atoms with Gasteiger partial charge in [-0.25, -0.2) is 4.68 Å². The summed E-state index contributed by atoms with van der Waals surface area (Å²) in [7, 11) is 0. The van der Waals surface area contributed by atoms with Gasteiger partial charge in [0.1, 0.15) is 12.2 Å². The Balaban J connectivity index is 2.11. The number of aromatic nitrogens is 3. The average molecular weight is 363 g/mol. The van der Waals surface area contributed by atoms with E-state index >= 15 is 0 Å². The van der Waals surface area contributed by atoms with Crippen LogP contribution in [0.2, 0.25) is 0 Å². The second-order valence-corrected chi connectivity index (χ2v) is 5.82. The quantitative estimate of drug-likeness (QED) is 0.850. The van der Waals surface area contributed by atoms with E-state index in [1.165, 1.54) is 6.33 Å². The molecule has 1 aliphatic heterocycles. The van der Waals surface area contributed by atoms with Crippen molar-refractivity contribution < 1.29 is 9.53 Å². The molecule has 1 N–H and O–H groups in total. The molecular formula is C15H15BrN4O2. The van der Waals surface area contributed by atoms with Gasteiger partial charge in [-0.2, -0.15) is 10.1 Å². The van der Waals surface area contributed by atoms with Crippen LogP contribution in [0.1, 0.15) is 18.5 Å². The molecule has 2 heterocycles. The van der Waals surface area contributed by atoms with Crippen LogP contribution in [-0.4, -0.2) is 27.3 Å². The van der Waals surface area contributed by atoms with Crippen LogP contribution >= 0.6 is 15.9 Å². The molecule has 0 saturated heterocycles. The number of fused-ring (bicyclic) bond motifs is 1. The van der Waals surface area contributed by atoms with Crippen LogP contribution in [0.4, 0.5) is 5.95 Å². The summed E-state index contributed by atoms with van der Waals surface area (Å²) in [6.07, 6.45) is 1.45. The number of benzene rings is 1. The van der Waals surface area contributed by atoms with Gasteiger partial charge in [0.25, 0.3) is 0 Å². The normalized spacial score (nSPS) is 20.2. The topological polar surface area (TPSA) is 69.0 Å². The summed E-state index contributed by atoms with van der Waals surface area (Å²) in [6, 6.07) is 7.42. The number of nitrogens with zero attached hydrogens (tertiary/aromatic N) is 3. The molecule has 1 aliphatic rings. The first-order chi connectivity index (χ1) is 10.6. The maximum Gasteiger partial charge on any atom is 0.317 e. The molecule has 3 rings (SSSR count). The second kappa shape index (κ2) is 5.92. The maximum absolute atomic E-state index is 12.4. The van der Waals surface area contributed by atoms with Gasteiger partial charge in [-0.15, -0.1) is 0 Å². The Hall–Kier alpha value is -2.15. The lowest BCUT2D eigenvalue weighted by atomic mass is 9.89. The molecule has 0 bridgehead atoms. The van der Waals surface area contributed by atoms with E-state index in [-0.39, 0.29) is 12.0 Å². The Morgan fingerprint density at radius 3 is 3.09 bits per heavy atom. The summed E-state index contributed by atoms with van der Waals surface area (Å²) >= 11 is 3.46. The van der Waals surface area contributed by atoms with Crippen LogP contribution in [0.3, 0.4) is 0 Å². The van der Waals surface area contributed by atoms with Crippen LogP contribution < -0.4 is 5.32 Å². The third kappa shape index (κ3) is 2.52. The highest BCUT2D eigenvalue weighted by molar-refractivity contribution is 9.10. The SMILES string of the molecule is C=C1Nc2ncnn2C(c2cccc(Br)c2)C1C(=O)OCC. The van der Waals surface area contributed by atoms with Crippen LogP contribution in [0, 0.1) is 5.92 Å². The summed E-state index contributed by atoms with van der Waals surface area (Å²) < 4.78 is 7.83. The Labute approximate surface area is 136 Å². The van der Waals surface area contributed by atoms with Gasteiger partial charge in [0.15, 0.2) is 0 Å². The number of halogens is 1. The number of anilines is 1. The number of esters is 1. The molecule has 2 unspecified atom stereocenters. The van der Waals surface area contributed by atoms with Gasteiger partial charge >= 0.3 is 5.97 Å². The molecule has 0 amide bonds. The zero-order chi connectivity index (χ0) is 15.7. The highest BCUT2D eigenvalue weighted by Crippen LogP contribution is 2.38. The van der Waals surface area contributed by atoms with Crippen LogP contribution in [0.25, 0.3) is 0 Å². The number of nitrogens with one attached hydrogen (secondary N) is 1. The summed E-state index contributed by atoms with van der Waals surface area (Å²) in [6.45, 7) is 6.07. The van der Waals surface area contributed by atoms with E-state index in [4.69, 9.17) is 4.74 Å². The lowest BCUT2D eigenvalue weighted by Gasteiger charge is -2.33. The fourth-order valence-corrected chi connectivity index (χ4v) is 3.04. The fraction of sp³-hybridized carbons (Fsp3) is 0.267. The predicted octanol–water partition coefficient (Wildman–Crippen LogP) is 2.75. The molecule has 0 fully saturated rings. The lowest BCUT2D eigenvalue weighted by molar-refractivity contribution is -0.147. The first-order valence-electron chi connectivity index (χ1n) is 6.89. The van der Waals surface area contributed by atoms with E-state index in [1.54, 1.807) is 11.6 Å². The van der Waals surface area contributed by atoms with E-state index in [1.807, 2.05) is 24.3 Å². The number of hydrogen-bond donors (Lipinski definition) is 1. The Morgan fingerprint density at radius 1 is 1.55 bits per heavy atom. The van der Waals surface area contributed by atoms with Crippen molar-refractivity contribution in [1.82, 2.24) is 14.8 Å². The van der Waals surface area contributed by atoms with E-state index in [0.717, 1.165) is 10.0 Å². The van der Waals surface area contributed by atoms with Gasteiger partial charge in [0.05, 0.1) is 12.6 Å². The molecule has 2 aromatic rings. The summed E-state index contributed by atoms with van der Waals surface area (Å²) in [5.74, 6) is -0.329. The highest BCUT2D eigenvalue weighted by Gasteiger charge is 2.40. The van der Waals surface area contributed by atoms with E-state index in [0.29, 0.717) is 18.3 Å². The molecule has 114 valence electrons. The third-order valence-corrected chi connectivity index (χ3v) is 4.02. The number of carbonyl (C=O) groups excluding carboxylic acids is 1. The van der Waals surface area contributed by atoms with Crippen LogP contribution in [0.15, 0.2) is 47.3 Å². The third-order valence-electron chi connectivity index (χ3n) is 3.53. The van der Waals surface area contributed by atoms with Crippen molar-refractivity contribution in [2.75, 3.05) is 11.9 Å². The second-order valence-electron chi connectivity index (χ2n) is 4.91. The van der Waals surface area contributed by atoms with Gasteiger partial charge in [0, 0.05) is 10.2 Å². The molecular weight excluding hydrogens is 348 g/mol. The molecule has 1 aromatic heterocycles. The Morgan fingerprint density at radius 2 is 2.36 bits per heavy atom. The standard InChI is InChI=1S/C15H15BrN4O2/c1-3-22-14(21)12-9(2)19-15-17-8-18-20(15)13(12)10-5-4-6-11(16)7-10/h4-8,12-13H,2-3H2,1H3,(H,17,18,19). The zero-order valence-corrected chi connectivity index (χ0v) is 13.6. The van der Waals surface area contributed by atoms with Gasteiger partial charge in [-0.1, -0.05) is 34.6 Å². The predicted molar refractivity (Wildman–Crippen MR) is 85.2 cm³/mol. The number of ether oxygens (including phenoxy) is 1. The summed E-state index contributed by atoms with van der Waals surface area (Å²) in [4.78, 5) is 16.6. The van der Waals surface area contributed by atoms with Crippen molar-refractivity contribution >= 4 is 27.8 Å². The largest absolute Gasteiger partial charge is 0.465 e. The number of rotatable bonds is 3. The van der Waals surface area contributed by atoms with E-state index < -0.39 is 5.92 Å². The van der Waals surface area contributed by atoms with Crippen molar-refractivity contribution in [1.29, 1.82) is 0 Å². The van der Waals surface area contributed by atoms with Crippen molar-refractivity contribution in [3.8, 4) is 0 Å². The Bertz CT molecular complexity index is 728. The maximum atomic E-state index is 12.4. The van der Waals surface area contributed by atoms with Crippen LogP contribution in [0.5, 0.6) is 0 Å². The Kier molecular flexibility index (Phi) is 3.98. The molecule has 0 radical (unpaired) electrons. The molecule has 6 nitrogen and oxygen atoms in total. The minimum atomic E-state index is -0.566. The smallest absolute Gasteiger partial charge is 0.317 e. The van der Waals surface area contributed by atoms with Gasteiger partial charge in [-0.3, -0.25) is 4.79 Å². The van der Waals surface area contributed by atoms with Gasteiger partial charge in [-0.05, 0) is 24.6 Å². The minimum absolute atomic E-state index is 0.317. The molecule has 22 heavy (non-hydrogen) atoms. The van der Waals surface area contributed by atoms with Gasteiger partial charge < -0.3 is 10.1 Å². The van der Waals surface area contributed by atoms with Crippen molar-refractivity contribution in [3.63, 3.8) is 0 Å². The summed E-state index contributed by atoms with van der Waals surface area (Å²) in [5.41, 5.74) is 1.49. The first kappa shape index (κ1) is 14.8. The average Bonchev–Trinajstić information content (AvgIpc) is 2.93. The van der Waals surface area contributed by atoms with Crippen LogP contribution in [-0.2, 0) is 9.53 Å². The van der Waals surface area contributed by atoms with E-state index in [9.17, 15) is 4.79 Å². The zero-order valence-electron chi connectivity index (χ0n) is 12.0. The van der Waals surface area contributed by atoms with Crippen molar-refractivity contribution in [2.45, 2.75) is 13.0 Å². The highest BCUT2D eigenvalue weighted by atomic mass is 79.9. The first-order valence-corrected chi connectivity index (χ1v) is 7.68. The van der Waals surface area contributed by atoms with Gasteiger partial charge in [0.2, 0.25) is 5.95 Å². The lowest BCUT2D eigenvalue weighted by Crippen LogP contribution is -2.37. The van der Waals surface area contributed by atoms with E-state index in [2.05, 4.69) is 37.9 Å². The molecule has 0 aliphatic carbocycles.